The van der Waals surface area contributed by atoms with Crippen LogP contribution in [0.4, 0.5) is 10.5 Å². The number of aliphatic hydroxyl groups is 2. The number of carbonyl (C=O) groups is 5. The first-order valence-electron chi connectivity index (χ1n) is 15.4. The van der Waals surface area contributed by atoms with Gasteiger partial charge in [-0.25, -0.2) is 4.79 Å². The summed E-state index contributed by atoms with van der Waals surface area (Å²) in [5.41, 5.74) is 2.70. The second kappa shape index (κ2) is 12.0. The van der Waals surface area contributed by atoms with E-state index in [2.05, 4.69) is 0 Å². The Hall–Kier alpha value is -3.97. The highest BCUT2D eigenvalue weighted by atomic mass is 16.6. The Labute approximate surface area is 269 Å². The van der Waals surface area contributed by atoms with Crippen molar-refractivity contribution in [2.45, 2.75) is 71.8 Å². The molecule has 3 unspecified atom stereocenters. The second-order valence-corrected chi connectivity index (χ2v) is 14.6. The van der Waals surface area contributed by atoms with Gasteiger partial charge in [-0.3, -0.25) is 24.1 Å². The normalized spacial score (nSPS) is 26.1. The lowest BCUT2D eigenvalue weighted by Gasteiger charge is -2.52. The van der Waals surface area contributed by atoms with Crippen molar-refractivity contribution < 1.29 is 44.0 Å². The van der Waals surface area contributed by atoms with Crippen LogP contribution in [-0.4, -0.2) is 107 Å². The number of hydrogen-bond donors (Lipinski definition) is 4. The number of rotatable bonds is 7. The third kappa shape index (κ3) is 5.74. The average molecular weight is 643 g/mol. The SMILES string of the molecule is CC(C)OC(=O)N(Cc1cc(N(C)C)c2c(c1O)C(=O)C1C(=O)[C@]3(O)C(O)=C(C(N)=O)C(=O)[C@@H](N(C)C)C3CC1C2)CC(C)(C)C. The lowest BCUT2D eigenvalue weighted by Crippen LogP contribution is -2.68. The molecule has 1 aromatic rings. The maximum absolute atomic E-state index is 14.3. The van der Waals surface area contributed by atoms with Crippen LogP contribution in [0.1, 0.15) is 62.5 Å². The standard InChI is InChI=1S/C33H46N4O9/c1-15(2)46-31(44)37(14-32(3,4)5)13-17-12-20(35(6)7)18-10-16-11-19-24(36(8)9)27(40)23(30(34)43)29(42)33(19,45)28(41)21(16)26(39)22(18)25(17)38/h12,15-16,19,21,24,38,42,45H,10-11,13-14H2,1-9H3,(H2,34,43)/t16?,19?,21?,24-,33-/m0/s1. The fourth-order valence-electron chi connectivity index (χ4n) is 7.32. The van der Waals surface area contributed by atoms with Gasteiger partial charge >= 0.3 is 6.09 Å². The molecule has 0 aliphatic heterocycles. The van der Waals surface area contributed by atoms with Crippen LogP contribution in [0.3, 0.4) is 0 Å². The average Bonchev–Trinajstić information content (AvgIpc) is 2.90. The number of ether oxygens (including phenoxy) is 1. The summed E-state index contributed by atoms with van der Waals surface area (Å²) in [6.07, 6.45) is -0.852. The van der Waals surface area contributed by atoms with Crippen LogP contribution in [0.25, 0.3) is 0 Å². The minimum absolute atomic E-state index is 0.0153. The molecule has 0 spiro atoms. The molecule has 1 saturated carbocycles. The van der Waals surface area contributed by atoms with E-state index < -0.39 is 81.9 Å². The first-order valence-corrected chi connectivity index (χ1v) is 15.4. The number of ketones is 3. The van der Waals surface area contributed by atoms with Crippen molar-refractivity contribution in [3.63, 3.8) is 0 Å². The number of fused-ring (bicyclic) bond motifs is 3. The molecular formula is C33H46N4O9. The number of amides is 2. The Morgan fingerprint density at radius 3 is 2.20 bits per heavy atom. The fraction of sp³-hybridized carbons (Fsp3) is 0.606. The number of aromatic hydroxyl groups is 1. The predicted molar refractivity (Wildman–Crippen MR) is 168 cm³/mol. The van der Waals surface area contributed by atoms with Gasteiger partial charge < -0.3 is 35.6 Å². The van der Waals surface area contributed by atoms with E-state index >= 15 is 0 Å². The molecule has 0 saturated heterocycles. The lowest BCUT2D eigenvalue weighted by atomic mass is 9.54. The minimum atomic E-state index is -2.73. The summed E-state index contributed by atoms with van der Waals surface area (Å²) in [6, 6.07) is 0.537. The zero-order chi connectivity index (χ0) is 34.8. The molecule has 1 fully saturated rings. The van der Waals surface area contributed by atoms with Crippen molar-refractivity contribution in [2.75, 3.05) is 39.6 Å². The number of phenols is 1. The smallest absolute Gasteiger partial charge is 0.410 e. The number of Topliss-reactive ketones (excluding diaryl/α,β-unsaturated/α-hetero) is 3. The van der Waals surface area contributed by atoms with Crippen LogP contribution in [0.5, 0.6) is 5.75 Å². The minimum Gasteiger partial charge on any atom is -0.508 e. The summed E-state index contributed by atoms with van der Waals surface area (Å²) in [5.74, 6) is -8.83. The van der Waals surface area contributed by atoms with Crippen LogP contribution >= 0.6 is 0 Å². The van der Waals surface area contributed by atoms with Crippen molar-refractivity contribution in [3.8, 4) is 5.75 Å². The maximum atomic E-state index is 14.3. The molecule has 0 aromatic heterocycles. The number of nitrogens with two attached hydrogens (primary N) is 1. The lowest BCUT2D eigenvalue weighted by molar-refractivity contribution is -0.163. The molecule has 3 aliphatic carbocycles. The molecule has 2 amide bonds. The largest absolute Gasteiger partial charge is 0.508 e. The number of hydrogen-bond acceptors (Lipinski definition) is 11. The van der Waals surface area contributed by atoms with Gasteiger partial charge in [0, 0.05) is 37.8 Å². The Kier molecular flexibility index (Phi) is 9.10. The fourth-order valence-corrected chi connectivity index (χ4v) is 7.32. The quantitative estimate of drug-likeness (QED) is 0.251. The first kappa shape index (κ1) is 34.9. The summed E-state index contributed by atoms with van der Waals surface area (Å²) in [7, 11) is 6.64. The molecule has 5 atom stereocenters. The van der Waals surface area contributed by atoms with E-state index in [9.17, 15) is 39.3 Å². The molecule has 13 nitrogen and oxygen atoms in total. The van der Waals surface area contributed by atoms with E-state index in [1.165, 1.54) is 9.80 Å². The van der Waals surface area contributed by atoms with Gasteiger partial charge in [0.15, 0.2) is 23.0 Å². The Morgan fingerprint density at radius 2 is 1.70 bits per heavy atom. The third-order valence-corrected chi connectivity index (χ3v) is 9.08. The molecule has 3 aliphatic rings. The highest BCUT2D eigenvalue weighted by Gasteiger charge is 2.66. The molecule has 252 valence electrons. The van der Waals surface area contributed by atoms with Gasteiger partial charge in [0.25, 0.3) is 5.91 Å². The number of aliphatic hydroxyl groups excluding tert-OH is 1. The number of likely N-dealkylation sites (N-methyl/N-ethyl adjacent to an activating group) is 1. The zero-order valence-corrected chi connectivity index (χ0v) is 28.0. The summed E-state index contributed by atoms with van der Waals surface area (Å²) in [6.45, 7) is 9.48. The topological polar surface area (TPSA) is 191 Å². The predicted octanol–water partition coefficient (Wildman–Crippen LogP) is 1.95. The summed E-state index contributed by atoms with van der Waals surface area (Å²) >= 11 is 0. The number of phenolic OH excluding ortho intramolecular Hbond substituents is 1. The van der Waals surface area contributed by atoms with Gasteiger partial charge in [0.2, 0.25) is 0 Å². The van der Waals surface area contributed by atoms with Crippen molar-refractivity contribution in [3.05, 3.63) is 34.1 Å². The number of nitrogens with zero attached hydrogens (tertiary/aromatic N) is 3. The van der Waals surface area contributed by atoms with E-state index in [0.717, 1.165) is 0 Å². The van der Waals surface area contributed by atoms with E-state index in [1.54, 1.807) is 53.0 Å². The molecular weight excluding hydrogens is 596 g/mol. The van der Waals surface area contributed by atoms with Gasteiger partial charge in [-0.2, -0.15) is 0 Å². The van der Waals surface area contributed by atoms with E-state index in [4.69, 9.17) is 10.5 Å². The van der Waals surface area contributed by atoms with Crippen LogP contribution in [0, 0.1) is 23.2 Å². The third-order valence-electron chi connectivity index (χ3n) is 9.08. The van der Waals surface area contributed by atoms with Crippen molar-refractivity contribution >= 4 is 35.0 Å². The van der Waals surface area contributed by atoms with E-state index in [0.29, 0.717) is 11.3 Å². The van der Waals surface area contributed by atoms with Gasteiger partial charge in [-0.15, -0.1) is 0 Å². The number of benzene rings is 1. The molecule has 0 heterocycles. The zero-order valence-electron chi connectivity index (χ0n) is 28.0. The Morgan fingerprint density at radius 1 is 1.09 bits per heavy atom. The van der Waals surface area contributed by atoms with Crippen LogP contribution in [-0.2, 0) is 32.1 Å². The van der Waals surface area contributed by atoms with Crippen molar-refractivity contribution in [1.29, 1.82) is 0 Å². The maximum Gasteiger partial charge on any atom is 0.410 e. The molecule has 0 bridgehead atoms. The van der Waals surface area contributed by atoms with E-state index in [1.807, 2.05) is 20.8 Å². The molecule has 5 N–H and O–H groups in total. The van der Waals surface area contributed by atoms with Gasteiger partial charge in [-0.1, -0.05) is 20.8 Å². The highest BCUT2D eigenvalue weighted by Crippen LogP contribution is 2.53. The molecule has 4 rings (SSSR count). The Balaban J connectivity index is 1.87. The van der Waals surface area contributed by atoms with Crippen molar-refractivity contribution in [1.82, 2.24) is 9.80 Å². The molecule has 1 aromatic carbocycles. The van der Waals surface area contributed by atoms with Crippen LogP contribution in [0.15, 0.2) is 17.4 Å². The molecule has 13 heteroatoms. The first-order chi connectivity index (χ1) is 21.1. The summed E-state index contributed by atoms with van der Waals surface area (Å²) < 4.78 is 5.46. The highest BCUT2D eigenvalue weighted by molar-refractivity contribution is 6.25. The van der Waals surface area contributed by atoms with Gasteiger partial charge in [-0.05, 0) is 63.7 Å². The monoisotopic (exact) mass is 642 g/mol. The van der Waals surface area contributed by atoms with Crippen molar-refractivity contribution in [2.24, 2.45) is 28.9 Å². The van der Waals surface area contributed by atoms with Crippen LogP contribution in [0.2, 0.25) is 0 Å². The number of anilines is 1. The van der Waals surface area contributed by atoms with Gasteiger partial charge in [0.1, 0.15) is 17.1 Å². The molecule has 0 radical (unpaired) electrons. The number of carbonyl (C=O) groups excluding carboxylic acids is 5. The Bertz CT molecular complexity index is 1520. The summed E-state index contributed by atoms with van der Waals surface area (Å²) in [4.78, 5) is 71.9. The van der Waals surface area contributed by atoms with Gasteiger partial charge in [0.05, 0.1) is 30.2 Å². The molecule has 46 heavy (non-hydrogen) atoms. The second-order valence-electron chi connectivity index (χ2n) is 14.6. The number of primary amides is 1. The van der Waals surface area contributed by atoms with Crippen LogP contribution < -0.4 is 10.6 Å². The summed E-state index contributed by atoms with van der Waals surface area (Å²) in [5, 5.41) is 34.6. The van der Waals surface area contributed by atoms with E-state index in [-0.39, 0.29) is 42.5 Å².